The lowest BCUT2D eigenvalue weighted by Crippen LogP contribution is -2.41. The maximum absolute atomic E-state index is 5.58. The van der Waals surface area contributed by atoms with Gasteiger partial charge in [-0.05, 0) is 26.0 Å². The van der Waals surface area contributed by atoms with Gasteiger partial charge in [-0.3, -0.25) is 4.99 Å². The number of ether oxygens (including phenoxy) is 2. The first-order valence-corrected chi connectivity index (χ1v) is 8.98. The minimum Gasteiger partial charge on any atom is -0.385 e. The van der Waals surface area contributed by atoms with Crippen LogP contribution in [0.2, 0.25) is 0 Å². The highest BCUT2D eigenvalue weighted by atomic mass is 127. The highest BCUT2D eigenvalue weighted by Crippen LogP contribution is 2.16. The van der Waals surface area contributed by atoms with Gasteiger partial charge in [-0.15, -0.1) is 24.0 Å². The molecule has 26 heavy (non-hydrogen) atoms. The van der Waals surface area contributed by atoms with Crippen molar-refractivity contribution in [2.45, 2.75) is 19.4 Å². The van der Waals surface area contributed by atoms with Crippen molar-refractivity contribution in [1.29, 1.82) is 0 Å². The van der Waals surface area contributed by atoms with Crippen LogP contribution >= 0.6 is 24.0 Å². The Kier molecular flexibility index (Phi) is 15.7. The molecule has 6 nitrogen and oxygen atoms in total. The fourth-order valence-corrected chi connectivity index (χ4v) is 2.46. The molecule has 0 amide bonds. The van der Waals surface area contributed by atoms with Gasteiger partial charge in [0.25, 0.3) is 0 Å². The zero-order valence-corrected chi connectivity index (χ0v) is 18.9. The van der Waals surface area contributed by atoms with Crippen LogP contribution in [0.3, 0.4) is 0 Å². The van der Waals surface area contributed by atoms with E-state index in [9.17, 15) is 0 Å². The van der Waals surface area contributed by atoms with E-state index in [4.69, 9.17) is 9.47 Å². The fourth-order valence-electron chi connectivity index (χ4n) is 2.46. The summed E-state index contributed by atoms with van der Waals surface area (Å²) in [6.45, 7) is 7.12. The molecule has 7 heteroatoms. The lowest BCUT2D eigenvalue weighted by atomic mass is 10.1. The summed E-state index contributed by atoms with van der Waals surface area (Å²) in [6.07, 6.45) is 1.02. The van der Waals surface area contributed by atoms with Gasteiger partial charge >= 0.3 is 0 Å². The van der Waals surface area contributed by atoms with Crippen molar-refractivity contribution in [1.82, 2.24) is 15.5 Å². The molecule has 1 atom stereocenters. The average molecular weight is 478 g/mol. The first-order valence-electron chi connectivity index (χ1n) is 8.98. The molecule has 2 N–H and O–H groups in total. The predicted octanol–water partition coefficient (Wildman–Crippen LogP) is 2.52. The lowest BCUT2D eigenvalue weighted by Gasteiger charge is -2.19. The first-order chi connectivity index (χ1) is 12.2. The van der Waals surface area contributed by atoms with E-state index < -0.39 is 0 Å². The summed E-state index contributed by atoms with van der Waals surface area (Å²) in [7, 11) is 5.59. The maximum Gasteiger partial charge on any atom is 0.191 e. The van der Waals surface area contributed by atoms with Gasteiger partial charge in [0.05, 0.1) is 6.54 Å². The van der Waals surface area contributed by atoms with E-state index in [0.29, 0.717) is 6.54 Å². The summed E-state index contributed by atoms with van der Waals surface area (Å²) in [4.78, 5) is 6.95. The number of halogens is 1. The Hall–Kier alpha value is -0.900. The van der Waals surface area contributed by atoms with Crippen LogP contribution in [0.25, 0.3) is 0 Å². The van der Waals surface area contributed by atoms with Crippen molar-refractivity contribution in [3.8, 4) is 0 Å². The molecular formula is C19H35IN4O2. The lowest BCUT2D eigenvalue weighted by molar-refractivity contribution is 0.111. The van der Waals surface area contributed by atoms with E-state index in [-0.39, 0.29) is 30.1 Å². The number of likely N-dealkylation sites (N-methyl/N-ethyl adjacent to an activating group) is 1. The largest absolute Gasteiger partial charge is 0.385 e. The Morgan fingerprint density at radius 2 is 1.88 bits per heavy atom. The fraction of sp³-hybridized carbons (Fsp3) is 0.632. The quantitative estimate of drug-likeness (QED) is 0.209. The number of nitrogens with one attached hydrogen (secondary N) is 2. The zero-order valence-electron chi connectivity index (χ0n) is 16.5. The Morgan fingerprint density at radius 1 is 1.15 bits per heavy atom. The monoisotopic (exact) mass is 478 g/mol. The van der Waals surface area contributed by atoms with E-state index in [1.54, 1.807) is 14.2 Å². The van der Waals surface area contributed by atoms with Crippen LogP contribution in [0.5, 0.6) is 0 Å². The van der Waals surface area contributed by atoms with Gasteiger partial charge in [-0.2, -0.15) is 0 Å². The second-order valence-electron chi connectivity index (χ2n) is 5.93. The molecule has 0 fully saturated rings. The van der Waals surface area contributed by atoms with Gasteiger partial charge in [0.2, 0.25) is 0 Å². The van der Waals surface area contributed by atoms with Gasteiger partial charge in [-0.25, -0.2) is 0 Å². The summed E-state index contributed by atoms with van der Waals surface area (Å²) in [5.74, 6) is 0.825. The van der Waals surface area contributed by atoms with Crippen LogP contribution in [-0.2, 0) is 9.47 Å². The van der Waals surface area contributed by atoms with E-state index in [2.05, 4.69) is 46.6 Å². The molecule has 0 radical (unpaired) electrons. The third-order valence-electron chi connectivity index (χ3n) is 3.89. The van der Waals surface area contributed by atoms with Gasteiger partial charge in [0.1, 0.15) is 6.10 Å². The SMILES string of the molecule is CCNC(=NCC(OC)c1ccccc1)NCCN(C)CCCOC.I. The molecule has 1 aromatic carbocycles. The molecule has 0 aliphatic rings. The second kappa shape index (κ2) is 16.3. The van der Waals surface area contributed by atoms with Gasteiger partial charge < -0.3 is 25.0 Å². The zero-order chi connectivity index (χ0) is 18.3. The number of benzene rings is 1. The normalized spacial score (nSPS) is 12.6. The standard InChI is InChI=1S/C19H34N4O2.HI/c1-5-20-19(21-12-14-23(2)13-9-15-24-3)22-16-18(25-4)17-10-7-6-8-11-17;/h6-8,10-11,18H,5,9,12-16H2,1-4H3,(H2,20,21,22);1H. The Labute approximate surface area is 175 Å². The van der Waals surface area contributed by atoms with E-state index >= 15 is 0 Å². The molecule has 0 heterocycles. The summed E-state index contributed by atoms with van der Waals surface area (Å²) in [6, 6.07) is 10.2. The average Bonchev–Trinajstić information content (AvgIpc) is 2.63. The third-order valence-corrected chi connectivity index (χ3v) is 3.89. The van der Waals surface area contributed by atoms with Gasteiger partial charge in [-0.1, -0.05) is 30.3 Å². The van der Waals surface area contributed by atoms with Gasteiger partial charge in [0.15, 0.2) is 5.96 Å². The number of rotatable bonds is 12. The molecule has 0 bridgehead atoms. The molecule has 0 aliphatic heterocycles. The number of hydrogen-bond acceptors (Lipinski definition) is 4. The van der Waals surface area contributed by atoms with Crippen molar-refractivity contribution in [3.05, 3.63) is 35.9 Å². The molecule has 0 aliphatic carbocycles. The molecule has 0 saturated carbocycles. The molecule has 0 spiro atoms. The third kappa shape index (κ3) is 10.9. The maximum atomic E-state index is 5.58. The van der Waals surface area contributed by atoms with Crippen molar-refractivity contribution < 1.29 is 9.47 Å². The minimum atomic E-state index is -0.0339. The number of nitrogens with zero attached hydrogens (tertiary/aromatic N) is 2. The molecule has 150 valence electrons. The molecule has 0 saturated heterocycles. The first kappa shape index (κ1) is 25.1. The summed E-state index contributed by atoms with van der Waals surface area (Å²) < 4.78 is 10.7. The minimum absolute atomic E-state index is 0. The number of aliphatic imine (C=N–C) groups is 1. The van der Waals surface area contributed by atoms with Crippen LogP contribution < -0.4 is 10.6 Å². The Bertz CT molecular complexity index is 474. The Balaban J connectivity index is 0.00000625. The van der Waals surface area contributed by atoms with Crippen molar-refractivity contribution in [2.75, 3.05) is 60.6 Å². The van der Waals surface area contributed by atoms with E-state index in [1.165, 1.54) is 0 Å². The van der Waals surface area contributed by atoms with E-state index in [1.807, 2.05) is 18.2 Å². The molecular weight excluding hydrogens is 443 g/mol. The molecule has 0 aromatic heterocycles. The summed E-state index contributed by atoms with van der Waals surface area (Å²) in [5.41, 5.74) is 1.14. The highest BCUT2D eigenvalue weighted by molar-refractivity contribution is 14.0. The number of methoxy groups -OCH3 is 2. The number of hydrogen-bond donors (Lipinski definition) is 2. The topological polar surface area (TPSA) is 58.1 Å². The molecule has 1 rings (SSSR count). The highest BCUT2D eigenvalue weighted by Gasteiger charge is 2.09. The van der Waals surface area contributed by atoms with Gasteiger partial charge in [0, 0.05) is 47.0 Å². The van der Waals surface area contributed by atoms with Crippen LogP contribution in [0.1, 0.15) is 25.0 Å². The predicted molar refractivity (Wildman–Crippen MR) is 120 cm³/mol. The summed E-state index contributed by atoms with van der Waals surface area (Å²) >= 11 is 0. The molecule has 1 unspecified atom stereocenters. The van der Waals surface area contributed by atoms with Crippen molar-refractivity contribution >= 4 is 29.9 Å². The smallest absolute Gasteiger partial charge is 0.191 e. The van der Waals surface area contributed by atoms with E-state index in [0.717, 1.165) is 50.7 Å². The van der Waals surface area contributed by atoms with Crippen molar-refractivity contribution in [3.63, 3.8) is 0 Å². The Morgan fingerprint density at radius 3 is 2.50 bits per heavy atom. The van der Waals surface area contributed by atoms with Crippen LogP contribution in [0, 0.1) is 0 Å². The van der Waals surface area contributed by atoms with Crippen molar-refractivity contribution in [2.24, 2.45) is 4.99 Å². The summed E-state index contributed by atoms with van der Waals surface area (Å²) in [5, 5.41) is 6.67. The van der Waals surface area contributed by atoms with Crippen LogP contribution in [0.15, 0.2) is 35.3 Å². The molecule has 1 aromatic rings. The van der Waals surface area contributed by atoms with Crippen LogP contribution in [-0.4, -0.2) is 71.5 Å². The van der Waals surface area contributed by atoms with Crippen LogP contribution in [0.4, 0.5) is 0 Å². The second-order valence-corrected chi connectivity index (χ2v) is 5.93. The number of guanidine groups is 1.